The van der Waals surface area contributed by atoms with Crippen LogP contribution in [0.3, 0.4) is 0 Å². The third-order valence-electron chi connectivity index (χ3n) is 6.81. The highest BCUT2D eigenvalue weighted by Gasteiger charge is 2.36. The van der Waals surface area contributed by atoms with E-state index in [1.54, 1.807) is 18.2 Å². The molecule has 0 aromatic heterocycles. The lowest BCUT2D eigenvalue weighted by molar-refractivity contribution is -0.139. The second kappa shape index (κ2) is 11.2. The summed E-state index contributed by atoms with van der Waals surface area (Å²) < 4.78 is 39.4. The van der Waals surface area contributed by atoms with Crippen LogP contribution in [0.4, 0.5) is 13.2 Å². The van der Waals surface area contributed by atoms with Crippen LogP contribution in [0.2, 0.25) is 0 Å². The number of piperidine rings is 1. The Morgan fingerprint density at radius 2 is 1.76 bits per heavy atom. The molecule has 3 nitrogen and oxygen atoms in total. The molecular formula is C28H34F3NO2. The van der Waals surface area contributed by atoms with Crippen LogP contribution in [0.25, 0.3) is 6.08 Å². The van der Waals surface area contributed by atoms with E-state index in [0.29, 0.717) is 18.9 Å². The van der Waals surface area contributed by atoms with Crippen molar-refractivity contribution in [2.45, 2.75) is 64.2 Å². The molecule has 6 heteroatoms. The highest BCUT2D eigenvalue weighted by molar-refractivity contribution is 5.67. The zero-order valence-electron chi connectivity index (χ0n) is 19.9. The molecule has 3 atom stereocenters. The second-order valence-electron chi connectivity index (χ2n) is 9.72. The van der Waals surface area contributed by atoms with Crippen molar-refractivity contribution in [3.8, 4) is 0 Å². The van der Waals surface area contributed by atoms with Gasteiger partial charge in [-0.3, -0.25) is 9.69 Å². The van der Waals surface area contributed by atoms with E-state index in [1.165, 1.54) is 5.56 Å². The molecule has 2 aromatic rings. The number of carbonyl (C=O) groups is 1. The van der Waals surface area contributed by atoms with E-state index >= 15 is 0 Å². The van der Waals surface area contributed by atoms with E-state index in [9.17, 15) is 23.1 Å². The number of carboxylic acid groups (broad SMARTS) is 1. The number of rotatable bonds is 9. The Hall–Kier alpha value is -2.60. The number of carboxylic acids is 1. The van der Waals surface area contributed by atoms with E-state index in [2.05, 4.69) is 37.5 Å². The molecule has 0 unspecified atom stereocenters. The Morgan fingerprint density at radius 3 is 2.29 bits per heavy atom. The molecule has 0 saturated carbocycles. The minimum atomic E-state index is -4.39. The van der Waals surface area contributed by atoms with Crippen molar-refractivity contribution in [1.82, 2.24) is 4.90 Å². The number of aliphatic carboxylic acids is 1. The van der Waals surface area contributed by atoms with Crippen molar-refractivity contribution in [3.63, 3.8) is 0 Å². The predicted octanol–water partition coefficient (Wildman–Crippen LogP) is 7.75. The van der Waals surface area contributed by atoms with Crippen LogP contribution in [0.1, 0.15) is 80.3 Å². The summed E-state index contributed by atoms with van der Waals surface area (Å²) in [6.07, 6.45) is 0.801. The molecule has 34 heavy (non-hydrogen) atoms. The van der Waals surface area contributed by atoms with E-state index in [4.69, 9.17) is 0 Å². The predicted molar refractivity (Wildman–Crippen MR) is 129 cm³/mol. The molecule has 0 bridgehead atoms. The number of nitrogens with zero attached hydrogens (tertiary/aromatic N) is 1. The molecule has 1 heterocycles. The Morgan fingerprint density at radius 1 is 1.12 bits per heavy atom. The highest BCUT2D eigenvalue weighted by atomic mass is 19.4. The normalized spacial score (nSPS) is 20.3. The first-order chi connectivity index (χ1) is 16.1. The van der Waals surface area contributed by atoms with Gasteiger partial charge in [0.1, 0.15) is 0 Å². The SMILES string of the molecule is C=Cc1ccc([C@@H](CCC(C)C)N2CC[C@H](CC(=O)O)C[C@H]2c2ccc(C(F)(F)F)cc2)cc1. The fourth-order valence-electron chi connectivity index (χ4n) is 4.95. The van der Waals surface area contributed by atoms with Gasteiger partial charge in [0.2, 0.25) is 0 Å². The lowest BCUT2D eigenvalue weighted by Gasteiger charge is -2.44. The van der Waals surface area contributed by atoms with E-state index in [-0.39, 0.29) is 24.4 Å². The van der Waals surface area contributed by atoms with Gasteiger partial charge in [0.15, 0.2) is 0 Å². The minimum Gasteiger partial charge on any atom is -0.481 e. The van der Waals surface area contributed by atoms with Crippen LogP contribution >= 0.6 is 0 Å². The quantitative estimate of drug-likeness (QED) is 0.405. The molecule has 0 amide bonds. The average molecular weight is 474 g/mol. The standard InChI is InChI=1S/C28H34F3NO2/c1-4-20-6-8-22(9-7-20)25(14-5-19(2)3)32-16-15-21(18-27(33)34)17-26(32)23-10-12-24(13-11-23)28(29,30)31/h4,6-13,19,21,25-26H,1,5,14-18H2,2-3H3,(H,33,34)/t21-,25+,26-/m0/s1. The zero-order chi connectivity index (χ0) is 24.9. The van der Waals surface area contributed by atoms with Crippen LogP contribution in [0, 0.1) is 11.8 Å². The fraction of sp³-hybridized carbons (Fsp3) is 0.464. The average Bonchev–Trinajstić information content (AvgIpc) is 2.79. The summed E-state index contributed by atoms with van der Waals surface area (Å²) >= 11 is 0. The number of hydrogen-bond acceptors (Lipinski definition) is 2. The molecule has 184 valence electrons. The lowest BCUT2D eigenvalue weighted by atomic mass is 9.82. The number of hydrogen-bond donors (Lipinski definition) is 1. The van der Waals surface area contributed by atoms with Gasteiger partial charge in [0.05, 0.1) is 5.56 Å². The Kier molecular flexibility index (Phi) is 8.58. The third kappa shape index (κ3) is 6.72. The number of halogens is 3. The summed E-state index contributed by atoms with van der Waals surface area (Å²) in [5, 5.41) is 9.35. The third-order valence-corrected chi connectivity index (χ3v) is 6.81. The van der Waals surface area contributed by atoms with Crippen molar-refractivity contribution in [1.29, 1.82) is 0 Å². The molecule has 1 aliphatic heterocycles. The summed E-state index contributed by atoms with van der Waals surface area (Å²) in [7, 11) is 0. The van der Waals surface area contributed by atoms with Gasteiger partial charge in [-0.05, 0) is 72.9 Å². The molecule has 1 N–H and O–H groups in total. The first-order valence-electron chi connectivity index (χ1n) is 12.0. The van der Waals surface area contributed by atoms with Gasteiger partial charge in [-0.2, -0.15) is 13.2 Å². The molecule has 2 aromatic carbocycles. The maximum Gasteiger partial charge on any atom is 0.416 e. The van der Waals surface area contributed by atoms with E-state index in [1.807, 2.05) is 12.1 Å². The molecule has 1 saturated heterocycles. The number of benzene rings is 2. The van der Waals surface area contributed by atoms with Crippen molar-refractivity contribution >= 4 is 12.0 Å². The van der Waals surface area contributed by atoms with Crippen LogP contribution in [-0.2, 0) is 11.0 Å². The van der Waals surface area contributed by atoms with Crippen LogP contribution in [-0.4, -0.2) is 22.5 Å². The Bertz CT molecular complexity index is 951. The maximum atomic E-state index is 13.1. The first kappa shape index (κ1) is 26.0. The van der Waals surface area contributed by atoms with Crippen molar-refractivity contribution in [2.24, 2.45) is 11.8 Å². The van der Waals surface area contributed by atoms with Crippen LogP contribution in [0.15, 0.2) is 55.1 Å². The minimum absolute atomic E-state index is 0.00469. The number of alkyl halides is 3. The van der Waals surface area contributed by atoms with Gasteiger partial charge >= 0.3 is 12.1 Å². The van der Waals surface area contributed by atoms with Gasteiger partial charge in [-0.25, -0.2) is 0 Å². The van der Waals surface area contributed by atoms with Crippen molar-refractivity contribution < 1.29 is 23.1 Å². The van der Waals surface area contributed by atoms with E-state index in [0.717, 1.165) is 42.5 Å². The second-order valence-corrected chi connectivity index (χ2v) is 9.72. The van der Waals surface area contributed by atoms with Gasteiger partial charge in [-0.1, -0.05) is 62.9 Å². The summed E-state index contributed by atoms with van der Waals surface area (Å²) in [5.74, 6) is -0.319. The molecule has 3 rings (SSSR count). The van der Waals surface area contributed by atoms with Crippen molar-refractivity contribution in [2.75, 3.05) is 6.54 Å². The summed E-state index contributed by atoms with van der Waals surface area (Å²) in [4.78, 5) is 13.8. The largest absolute Gasteiger partial charge is 0.481 e. The Balaban J connectivity index is 1.97. The van der Waals surface area contributed by atoms with Crippen LogP contribution < -0.4 is 0 Å². The summed E-state index contributed by atoms with van der Waals surface area (Å²) in [5.41, 5.74) is 2.34. The van der Waals surface area contributed by atoms with Gasteiger partial charge in [0, 0.05) is 18.5 Å². The molecule has 0 radical (unpaired) electrons. The fourth-order valence-corrected chi connectivity index (χ4v) is 4.95. The van der Waals surface area contributed by atoms with E-state index < -0.39 is 17.7 Å². The lowest BCUT2D eigenvalue weighted by Crippen LogP contribution is -2.40. The smallest absolute Gasteiger partial charge is 0.416 e. The van der Waals surface area contributed by atoms with Crippen molar-refractivity contribution in [3.05, 3.63) is 77.4 Å². The monoisotopic (exact) mass is 473 g/mol. The first-order valence-corrected chi connectivity index (χ1v) is 12.0. The summed E-state index contributed by atoms with van der Waals surface area (Å²) in [6, 6.07) is 13.6. The van der Waals surface area contributed by atoms with Gasteiger partial charge in [0.25, 0.3) is 0 Å². The zero-order valence-corrected chi connectivity index (χ0v) is 19.9. The number of likely N-dealkylation sites (tertiary alicyclic amines) is 1. The molecule has 1 aliphatic rings. The Labute approximate surface area is 200 Å². The van der Waals surface area contributed by atoms with Gasteiger partial charge in [-0.15, -0.1) is 0 Å². The van der Waals surface area contributed by atoms with Gasteiger partial charge < -0.3 is 5.11 Å². The maximum absolute atomic E-state index is 13.1. The topological polar surface area (TPSA) is 40.5 Å². The molecule has 1 fully saturated rings. The summed E-state index contributed by atoms with van der Waals surface area (Å²) in [6.45, 7) is 8.90. The van der Waals surface area contributed by atoms with Crippen LogP contribution in [0.5, 0.6) is 0 Å². The molecule has 0 aliphatic carbocycles. The molecule has 0 spiro atoms. The molecular weight excluding hydrogens is 439 g/mol. The highest BCUT2D eigenvalue weighted by Crippen LogP contribution is 2.43.